The maximum absolute atomic E-state index is 8.17. The van der Waals surface area contributed by atoms with Gasteiger partial charge in [-0.1, -0.05) is 12.1 Å². The summed E-state index contributed by atoms with van der Waals surface area (Å²) < 4.78 is 5.55. The first-order valence-corrected chi connectivity index (χ1v) is 4.77. The summed E-state index contributed by atoms with van der Waals surface area (Å²) in [7, 11) is 0. The van der Waals surface area contributed by atoms with Crippen LogP contribution in [0, 0.1) is 13.8 Å². The van der Waals surface area contributed by atoms with Gasteiger partial charge in [-0.3, -0.25) is 0 Å². The molecule has 1 heterocycles. The molecule has 1 aromatic carbocycles. The smallest absolute Gasteiger partial charge is 0.210 e. The molecular formula is C11H12N2O3. The van der Waals surface area contributed by atoms with Crippen LogP contribution in [-0.2, 0) is 4.99 Å². The molecule has 0 aliphatic rings. The summed E-state index contributed by atoms with van der Waals surface area (Å²) in [5, 5.41) is 12.4. The topological polar surface area (TPSA) is 81.0 Å². The average Bonchev–Trinajstić information content (AvgIpc) is 2.70. The zero-order valence-corrected chi connectivity index (χ0v) is 9.02. The first-order valence-electron chi connectivity index (χ1n) is 4.77. The van der Waals surface area contributed by atoms with Gasteiger partial charge in [-0.25, -0.2) is 4.99 Å². The minimum absolute atomic E-state index is 0.00231. The fourth-order valence-electron chi connectivity index (χ4n) is 1.61. The van der Waals surface area contributed by atoms with Crippen LogP contribution in [0.25, 0.3) is 11.0 Å². The Bertz CT molecular complexity index is 519. The Kier molecular flexibility index (Phi) is 2.54. The van der Waals surface area contributed by atoms with Crippen LogP contribution in [0.3, 0.4) is 0 Å². The van der Waals surface area contributed by atoms with Gasteiger partial charge in [0.1, 0.15) is 5.58 Å². The van der Waals surface area contributed by atoms with Crippen molar-refractivity contribution < 1.29 is 14.7 Å². The van der Waals surface area contributed by atoms with Crippen LogP contribution in [-0.4, -0.2) is 11.1 Å². The van der Waals surface area contributed by atoms with Crippen LogP contribution in [0.1, 0.15) is 16.9 Å². The van der Waals surface area contributed by atoms with Gasteiger partial charge in [-0.2, -0.15) is 5.26 Å². The Morgan fingerprint density at radius 3 is 2.69 bits per heavy atom. The summed E-state index contributed by atoms with van der Waals surface area (Å²) in [4.78, 5) is 3.62. The van der Waals surface area contributed by atoms with E-state index in [0.29, 0.717) is 5.76 Å². The molecule has 5 heteroatoms. The maximum Gasteiger partial charge on any atom is 0.210 e. The van der Waals surface area contributed by atoms with Crippen molar-refractivity contribution in [3.8, 4) is 0 Å². The summed E-state index contributed by atoms with van der Waals surface area (Å²) in [5.41, 5.74) is 8.42. The predicted molar refractivity (Wildman–Crippen MR) is 60.1 cm³/mol. The van der Waals surface area contributed by atoms with Gasteiger partial charge in [0, 0.05) is 5.39 Å². The molecule has 0 unspecified atom stereocenters. The molecular weight excluding hydrogens is 208 g/mol. The lowest BCUT2D eigenvalue weighted by Gasteiger charge is -1.96. The minimum atomic E-state index is -0.00231. The van der Waals surface area contributed by atoms with Crippen LogP contribution in [0.15, 0.2) is 27.8 Å². The molecule has 0 saturated heterocycles. The number of fused-ring (bicyclic) bond motifs is 1. The Morgan fingerprint density at radius 2 is 2.06 bits per heavy atom. The molecule has 84 valence electrons. The molecule has 0 spiro atoms. The summed E-state index contributed by atoms with van der Waals surface area (Å²) in [6.07, 6.45) is 0. The van der Waals surface area contributed by atoms with E-state index in [-0.39, 0.29) is 5.84 Å². The highest BCUT2D eigenvalue weighted by Crippen LogP contribution is 2.25. The molecule has 0 atom stereocenters. The molecule has 3 N–H and O–H groups in total. The van der Waals surface area contributed by atoms with Gasteiger partial charge < -0.3 is 10.2 Å². The van der Waals surface area contributed by atoms with E-state index in [9.17, 15) is 0 Å². The fraction of sp³-hybridized carbons (Fsp3) is 0.182. The van der Waals surface area contributed by atoms with Gasteiger partial charge in [-0.15, -0.1) is 0 Å². The van der Waals surface area contributed by atoms with Crippen molar-refractivity contribution in [2.45, 2.75) is 13.8 Å². The zero-order chi connectivity index (χ0) is 11.7. The van der Waals surface area contributed by atoms with Crippen LogP contribution in [0.5, 0.6) is 0 Å². The summed E-state index contributed by atoms with van der Waals surface area (Å²) in [5.74, 6) is 0.374. The Morgan fingerprint density at radius 1 is 1.38 bits per heavy atom. The SMILES string of the molecule is Cc1ccc(C)c2oc(/C(N)=N/OO)cc12. The van der Waals surface area contributed by atoms with Gasteiger partial charge in [0.15, 0.2) is 5.76 Å². The number of nitrogens with two attached hydrogens (primary N) is 1. The zero-order valence-electron chi connectivity index (χ0n) is 9.02. The molecule has 5 nitrogen and oxygen atoms in total. The Hall–Kier alpha value is -2.01. The van der Waals surface area contributed by atoms with Crippen molar-refractivity contribution in [3.05, 3.63) is 35.1 Å². The molecule has 0 fully saturated rings. The van der Waals surface area contributed by atoms with E-state index in [0.717, 1.165) is 22.1 Å². The van der Waals surface area contributed by atoms with E-state index in [1.54, 1.807) is 6.07 Å². The van der Waals surface area contributed by atoms with Crippen molar-refractivity contribution in [2.75, 3.05) is 0 Å². The van der Waals surface area contributed by atoms with Crippen LogP contribution in [0.2, 0.25) is 0 Å². The van der Waals surface area contributed by atoms with Crippen molar-refractivity contribution in [1.82, 2.24) is 0 Å². The molecule has 0 saturated carbocycles. The number of rotatable bonds is 2. The molecule has 0 amide bonds. The van der Waals surface area contributed by atoms with Gasteiger partial charge in [0.05, 0.1) is 0 Å². The lowest BCUT2D eigenvalue weighted by atomic mass is 10.1. The summed E-state index contributed by atoms with van der Waals surface area (Å²) in [6.45, 7) is 3.93. The van der Waals surface area contributed by atoms with Crippen LogP contribution >= 0.6 is 0 Å². The first-order chi connectivity index (χ1) is 7.63. The van der Waals surface area contributed by atoms with Gasteiger partial charge >= 0.3 is 0 Å². The number of benzene rings is 1. The monoisotopic (exact) mass is 220 g/mol. The summed E-state index contributed by atoms with van der Waals surface area (Å²) >= 11 is 0. The molecule has 1 aromatic heterocycles. The number of amidine groups is 1. The van der Waals surface area contributed by atoms with Crippen molar-refractivity contribution in [3.63, 3.8) is 0 Å². The third-order valence-electron chi connectivity index (χ3n) is 2.49. The van der Waals surface area contributed by atoms with E-state index in [4.69, 9.17) is 15.4 Å². The molecule has 16 heavy (non-hydrogen) atoms. The van der Waals surface area contributed by atoms with Gasteiger partial charge in [-0.05, 0) is 36.2 Å². The number of aryl methyl sites for hydroxylation is 2. The number of oxime groups is 1. The van der Waals surface area contributed by atoms with E-state index in [2.05, 4.69) is 10.1 Å². The third-order valence-corrected chi connectivity index (χ3v) is 2.49. The second-order valence-electron chi connectivity index (χ2n) is 3.61. The van der Waals surface area contributed by atoms with E-state index >= 15 is 0 Å². The predicted octanol–water partition coefficient (Wildman–Crippen LogP) is 2.16. The largest absolute Gasteiger partial charge is 0.452 e. The molecule has 2 aromatic rings. The van der Waals surface area contributed by atoms with Crippen molar-refractivity contribution >= 4 is 16.8 Å². The van der Waals surface area contributed by atoms with Gasteiger partial charge in [0.2, 0.25) is 5.84 Å². The minimum Gasteiger partial charge on any atom is -0.452 e. The van der Waals surface area contributed by atoms with Crippen molar-refractivity contribution in [2.24, 2.45) is 10.9 Å². The standard InChI is InChI=1S/C11H12N2O3/c1-6-3-4-7(2)10-8(6)5-9(15-10)11(12)13-16-14/h3-5,14H,1-2H3,(H2,12,13). The van der Waals surface area contributed by atoms with E-state index < -0.39 is 0 Å². The Balaban J connectivity index is 2.64. The maximum atomic E-state index is 8.17. The van der Waals surface area contributed by atoms with E-state index in [1.165, 1.54) is 0 Å². The normalized spacial score (nSPS) is 12.1. The fourth-order valence-corrected chi connectivity index (χ4v) is 1.61. The molecule has 0 radical (unpaired) electrons. The second-order valence-corrected chi connectivity index (χ2v) is 3.61. The van der Waals surface area contributed by atoms with E-state index in [1.807, 2.05) is 26.0 Å². The van der Waals surface area contributed by atoms with Crippen LogP contribution < -0.4 is 5.73 Å². The van der Waals surface area contributed by atoms with Gasteiger partial charge in [0.25, 0.3) is 0 Å². The molecule has 0 aliphatic heterocycles. The average molecular weight is 220 g/mol. The lowest BCUT2D eigenvalue weighted by molar-refractivity contribution is -0.243. The molecule has 0 bridgehead atoms. The second kappa shape index (κ2) is 3.86. The quantitative estimate of drug-likeness (QED) is 0.351. The number of hydrogen-bond acceptors (Lipinski definition) is 4. The molecule has 0 aliphatic carbocycles. The highest BCUT2D eigenvalue weighted by atomic mass is 17.2. The number of hydrogen-bond donors (Lipinski definition) is 2. The highest BCUT2D eigenvalue weighted by Gasteiger charge is 2.11. The molecule has 2 rings (SSSR count). The van der Waals surface area contributed by atoms with Crippen molar-refractivity contribution in [1.29, 1.82) is 0 Å². The first kappa shape index (κ1) is 10.5. The van der Waals surface area contributed by atoms with Crippen LogP contribution in [0.4, 0.5) is 0 Å². The third kappa shape index (κ3) is 1.61. The Labute approximate surface area is 92.0 Å². The number of furan rings is 1. The lowest BCUT2D eigenvalue weighted by Crippen LogP contribution is -2.12. The highest BCUT2D eigenvalue weighted by molar-refractivity contribution is 5.99. The summed E-state index contributed by atoms with van der Waals surface area (Å²) in [6, 6.07) is 5.75. The number of nitrogens with zero attached hydrogens (tertiary/aromatic N) is 1.